The third kappa shape index (κ3) is 4.81. The summed E-state index contributed by atoms with van der Waals surface area (Å²) in [5.74, 6) is 0. The molecule has 0 aliphatic heterocycles. The third-order valence-electron chi connectivity index (χ3n) is 2.49. The predicted octanol–water partition coefficient (Wildman–Crippen LogP) is 1.89. The molecule has 0 amide bonds. The van der Waals surface area contributed by atoms with Gasteiger partial charge in [-0.25, -0.2) is 0 Å². The fraction of sp³-hybridized carbons (Fsp3) is 0.538. The van der Waals surface area contributed by atoms with Gasteiger partial charge in [0.1, 0.15) is 0 Å². The summed E-state index contributed by atoms with van der Waals surface area (Å²) in [7, 11) is 0. The highest BCUT2D eigenvalue weighted by Crippen LogP contribution is 2.14. The number of benzene rings is 1. The monoisotopic (exact) mass is 252 g/mol. The first kappa shape index (κ1) is 14.6. The van der Waals surface area contributed by atoms with Gasteiger partial charge in [-0.2, -0.15) is 0 Å². The zero-order valence-electron chi connectivity index (χ0n) is 11.0. The van der Waals surface area contributed by atoms with Crippen LogP contribution in [0.3, 0.4) is 0 Å². The van der Waals surface area contributed by atoms with Crippen molar-refractivity contribution in [2.75, 3.05) is 6.61 Å². The van der Waals surface area contributed by atoms with Crippen molar-refractivity contribution in [3.8, 4) is 0 Å². The van der Waals surface area contributed by atoms with Gasteiger partial charge in [0.05, 0.1) is 11.5 Å². The van der Waals surface area contributed by atoms with Crippen molar-refractivity contribution in [1.82, 2.24) is 5.32 Å². The first-order valence-electron chi connectivity index (χ1n) is 5.94. The Balaban J connectivity index is 2.67. The van der Waals surface area contributed by atoms with Gasteiger partial charge in [-0.1, -0.05) is 12.1 Å². The second-order valence-corrected chi connectivity index (χ2v) is 5.40. The summed E-state index contributed by atoms with van der Waals surface area (Å²) in [5, 5.41) is 23.2. The predicted molar refractivity (Wildman–Crippen MR) is 70.6 cm³/mol. The highest BCUT2D eigenvalue weighted by atomic mass is 16.6. The van der Waals surface area contributed by atoms with Crippen LogP contribution in [0.1, 0.15) is 26.3 Å². The minimum Gasteiger partial charge on any atom is -0.395 e. The van der Waals surface area contributed by atoms with Crippen LogP contribution in [0.25, 0.3) is 0 Å². The molecule has 5 nitrogen and oxygen atoms in total. The normalized spacial score (nSPS) is 13.3. The average molecular weight is 252 g/mol. The lowest BCUT2D eigenvalue weighted by Crippen LogP contribution is -2.46. The maximum absolute atomic E-state index is 10.5. The van der Waals surface area contributed by atoms with Crippen LogP contribution in [0.5, 0.6) is 0 Å². The van der Waals surface area contributed by atoms with Gasteiger partial charge >= 0.3 is 0 Å². The lowest BCUT2D eigenvalue weighted by atomic mass is 10.0. The van der Waals surface area contributed by atoms with E-state index in [1.807, 2.05) is 20.8 Å². The molecule has 5 heteroatoms. The Morgan fingerprint density at radius 1 is 1.33 bits per heavy atom. The number of nitro benzene ring substituents is 1. The molecule has 0 aliphatic carbocycles. The van der Waals surface area contributed by atoms with Crippen molar-refractivity contribution in [3.63, 3.8) is 0 Å². The first-order chi connectivity index (χ1) is 8.31. The van der Waals surface area contributed by atoms with Crippen LogP contribution in [0.4, 0.5) is 5.69 Å². The minimum absolute atomic E-state index is 0.0360. The molecule has 18 heavy (non-hydrogen) atoms. The Bertz CT molecular complexity index is 396. The van der Waals surface area contributed by atoms with Gasteiger partial charge in [-0.15, -0.1) is 0 Å². The van der Waals surface area contributed by atoms with E-state index in [0.29, 0.717) is 6.42 Å². The van der Waals surface area contributed by atoms with E-state index in [4.69, 9.17) is 0 Å². The molecule has 0 bridgehead atoms. The largest absolute Gasteiger partial charge is 0.395 e. The number of aliphatic hydroxyl groups excluding tert-OH is 1. The molecule has 0 aromatic heterocycles. The zero-order valence-corrected chi connectivity index (χ0v) is 11.0. The van der Waals surface area contributed by atoms with Gasteiger partial charge in [-0.05, 0) is 32.8 Å². The van der Waals surface area contributed by atoms with Crippen molar-refractivity contribution in [2.45, 2.75) is 38.8 Å². The number of nitro groups is 1. The molecule has 0 fully saturated rings. The van der Waals surface area contributed by atoms with E-state index in [2.05, 4.69) is 5.32 Å². The highest BCUT2D eigenvalue weighted by Gasteiger charge is 2.17. The Kier molecular flexibility index (Phi) is 4.81. The van der Waals surface area contributed by atoms with Gasteiger partial charge in [-0.3, -0.25) is 10.1 Å². The Morgan fingerprint density at radius 2 is 1.89 bits per heavy atom. The summed E-state index contributed by atoms with van der Waals surface area (Å²) in [6, 6.07) is 6.38. The van der Waals surface area contributed by atoms with Crippen LogP contribution < -0.4 is 5.32 Å². The first-order valence-corrected chi connectivity index (χ1v) is 5.94. The standard InChI is InChI=1S/C13H20N2O3/c1-13(2,3)14-11(9-16)8-10-4-6-12(7-5-10)15(17)18/h4-7,11,14,16H,8-9H2,1-3H3/t11-/m0/s1. The molecular weight excluding hydrogens is 232 g/mol. The number of rotatable bonds is 5. The molecule has 2 N–H and O–H groups in total. The summed E-state index contributed by atoms with van der Waals surface area (Å²) in [6.07, 6.45) is 0.645. The van der Waals surface area contributed by atoms with Crippen LogP contribution in [-0.4, -0.2) is 28.2 Å². The van der Waals surface area contributed by atoms with Gasteiger partial charge in [0, 0.05) is 23.7 Å². The van der Waals surface area contributed by atoms with E-state index >= 15 is 0 Å². The topological polar surface area (TPSA) is 75.4 Å². The fourth-order valence-corrected chi connectivity index (χ4v) is 1.81. The van der Waals surface area contributed by atoms with Crippen molar-refractivity contribution in [1.29, 1.82) is 0 Å². The molecule has 0 radical (unpaired) electrons. The van der Waals surface area contributed by atoms with Crippen LogP contribution in [0.15, 0.2) is 24.3 Å². The average Bonchev–Trinajstić information content (AvgIpc) is 2.27. The molecule has 100 valence electrons. The molecule has 1 aromatic rings. The van der Waals surface area contributed by atoms with Crippen LogP contribution in [0, 0.1) is 10.1 Å². The van der Waals surface area contributed by atoms with Gasteiger partial charge in [0.15, 0.2) is 0 Å². The quantitative estimate of drug-likeness (QED) is 0.620. The van der Waals surface area contributed by atoms with Crippen LogP contribution in [-0.2, 0) is 6.42 Å². The van der Waals surface area contributed by atoms with E-state index < -0.39 is 4.92 Å². The molecule has 0 spiro atoms. The molecule has 0 saturated heterocycles. The van der Waals surface area contributed by atoms with E-state index in [1.54, 1.807) is 12.1 Å². The van der Waals surface area contributed by atoms with Gasteiger partial charge in [0.25, 0.3) is 5.69 Å². The summed E-state index contributed by atoms with van der Waals surface area (Å²) in [4.78, 5) is 10.1. The number of nitrogens with one attached hydrogen (secondary N) is 1. The molecule has 1 aromatic carbocycles. The molecule has 1 atom stereocenters. The zero-order chi connectivity index (χ0) is 13.8. The van der Waals surface area contributed by atoms with Crippen LogP contribution in [0.2, 0.25) is 0 Å². The summed E-state index contributed by atoms with van der Waals surface area (Å²) < 4.78 is 0. The number of nitrogens with zero attached hydrogens (tertiary/aromatic N) is 1. The molecule has 1 rings (SSSR count). The lowest BCUT2D eigenvalue weighted by molar-refractivity contribution is -0.384. The van der Waals surface area contributed by atoms with Crippen molar-refractivity contribution < 1.29 is 10.0 Å². The molecule has 0 aliphatic rings. The molecule has 0 heterocycles. The van der Waals surface area contributed by atoms with Crippen molar-refractivity contribution in [3.05, 3.63) is 39.9 Å². The Labute approximate surface area is 107 Å². The van der Waals surface area contributed by atoms with Gasteiger partial charge in [0.2, 0.25) is 0 Å². The second-order valence-electron chi connectivity index (χ2n) is 5.40. The number of hydrogen-bond acceptors (Lipinski definition) is 4. The molecule has 0 unspecified atom stereocenters. The highest BCUT2D eigenvalue weighted by molar-refractivity contribution is 5.33. The molecular formula is C13H20N2O3. The summed E-state index contributed by atoms with van der Waals surface area (Å²) >= 11 is 0. The lowest BCUT2D eigenvalue weighted by Gasteiger charge is -2.27. The smallest absolute Gasteiger partial charge is 0.269 e. The van der Waals surface area contributed by atoms with Gasteiger partial charge < -0.3 is 10.4 Å². The number of aliphatic hydroxyl groups is 1. The van der Waals surface area contributed by atoms with Crippen molar-refractivity contribution in [2.24, 2.45) is 0 Å². The van der Waals surface area contributed by atoms with Crippen molar-refractivity contribution >= 4 is 5.69 Å². The third-order valence-corrected chi connectivity index (χ3v) is 2.49. The number of non-ortho nitro benzene ring substituents is 1. The summed E-state index contributed by atoms with van der Waals surface area (Å²) in [5.41, 5.74) is 0.980. The maximum Gasteiger partial charge on any atom is 0.269 e. The number of hydrogen-bond donors (Lipinski definition) is 2. The maximum atomic E-state index is 10.5. The summed E-state index contributed by atoms with van der Waals surface area (Å²) in [6.45, 7) is 6.14. The Hall–Kier alpha value is -1.46. The van der Waals surface area contributed by atoms with Crippen LogP contribution >= 0.6 is 0 Å². The van der Waals surface area contributed by atoms with E-state index in [-0.39, 0.29) is 23.9 Å². The second kappa shape index (κ2) is 5.93. The fourth-order valence-electron chi connectivity index (χ4n) is 1.81. The van der Waals surface area contributed by atoms with E-state index in [9.17, 15) is 15.2 Å². The van der Waals surface area contributed by atoms with E-state index in [0.717, 1.165) is 5.56 Å². The SMILES string of the molecule is CC(C)(C)N[C@H](CO)Cc1ccc([N+](=O)[O-])cc1. The van der Waals surface area contributed by atoms with E-state index in [1.165, 1.54) is 12.1 Å². The Morgan fingerprint density at radius 3 is 2.28 bits per heavy atom. The minimum atomic E-state index is -0.416. The molecule has 0 saturated carbocycles.